The van der Waals surface area contributed by atoms with Gasteiger partial charge in [0.25, 0.3) is 0 Å². The molecule has 0 bridgehead atoms. The van der Waals surface area contributed by atoms with Gasteiger partial charge in [0.05, 0.1) is 5.69 Å². The summed E-state index contributed by atoms with van der Waals surface area (Å²) in [6.07, 6.45) is 3.61. The molecule has 0 saturated heterocycles. The van der Waals surface area contributed by atoms with E-state index < -0.39 is 0 Å². The van der Waals surface area contributed by atoms with Crippen LogP contribution in [0.25, 0.3) is 0 Å². The predicted molar refractivity (Wildman–Crippen MR) is 71.0 cm³/mol. The lowest BCUT2D eigenvalue weighted by Crippen LogP contribution is -2.32. The molecule has 1 aliphatic rings. The van der Waals surface area contributed by atoms with Crippen LogP contribution in [0.5, 0.6) is 0 Å². The molecule has 3 heteroatoms. The molecule has 0 aliphatic carbocycles. The average molecular weight is 239 g/mol. The first-order valence-electron chi connectivity index (χ1n) is 6.38. The molecule has 1 aromatic carbocycles. The molecule has 1 aliphatic heterocycles. The number of benzene rings is 1. The Morgan fingerprint density at radius 2 is 2.11 bits per heavy atom. The number of hydrogen-bond donors (Lipinski definition) is 0. The van der Waals surface area contributed by atoms with Crippen molar-refractivity contribution in [3.63, 3.8) is 0 Å². The van der Waals surface area contributed by atoms with Crippen molar-refractivity contribution in [3.8, 4) is 0 Å². The molecule has 18 heavy (non-hydrogen) atoms. The molecule has 3 nitrogen and oxygen atoms in total. The van der Waals surface area contributed by atoms with Gasteiger partial charge in [0.2, 0.25) is 0 Å². The van der Waals surface area contributed by atoms with Crippen LogP contribution in [0.2, 0.25) is 0 Å². The molecule has 1 unspecified atom stereocenters. The van der Waals surface area contributed by atoms with Crippen LogP contribution in [0.1, 0.15) is 29.7 Å². The van der Waals surface area contributed by atoms with Crippen molar-refractivity contribution in [2.24, 2.45) is 0 Å². The fourth-order valence-corrected chi connectivity index (χ4v) is 2.67. The highest BCUT2D eigenvalue weighted by Gasteiger charge is 2.23. The maximum atomic E-state index is 4.40. The van der Waals surface area contributed by atoms with Gasteiger partial charge in [-0.25, -0.2) is 9.97 Å². The Morgan fingerprint density at radius 1 is 1.28 bits per heavy atom. The van der Waals surface area contributed by atoms with E-state index in [1.807, 2.05) is 6.20 Å². The van der Waals surface area contributed by atoms with Crippen LogP contribution >= 0.6 is 0 Å². The Bertz CT molecular complexity index is 524. The molecular formula is C15H17N3. The molecule has 0 spiro atoms. The minimum absolute atomic E-state index is 0.487. The molecule has 0 fully saturated rings. The van der Waals surface area contributed by atoms with E-state index in [1.54, 1.807) is 6.33 Å². The summed E-state index contributed by atoms with van der Waals surface area (Å²) in [5, 5.41) is 0. The molecule has 2 heterocycles. The van der Waals surface area contributed by atoms with Gasteiger partial charge in [0.1, 0.15) is 6.33 Å². The maximum Gasteiger partial charge on any atom is 0.115 e. The second kappa shape index (κ2) is 4.86. The van der Waals surface area contributed by atoms with Gasteiger partial charge in [-0.15, -0.1) is 0 Å². The van der Waals surface area contributed by atoms with Crippen LogP contribution in [0.3, 0.4) is 0 Å². The molecule has 1 aromatic heterocycles. The highest BCUT2D eigenvalue weighted by Crippen LogP contribution is 2.26. The van der Waals surface area contributed by atoms with Crippen molar-refractivity contribution in [1.29, 1.82) is 0 Å². The third-order valence-electron chi connectivity index (χ3n) is 3.46. The molecule has 0 amide bonds. The molecule has 0 radical (unpaired) electrons. The van der Waals surface area contributed by atoms with Gasteiger partial charge in [-0.1, -0.05) is 37.3 Å². The van der Waals surface area contributed by atoms with E-state index in [4.69, 9.17) is 0 Å². The van der Waals surface area contributed by atoms with Crippen LogP contribution in [0.15, 0.2) is 42.9 Å². The smallest absolute Gasteiger partial charge is 0.115 e. The molecule has 2 aromatic rings. The van der Waals surface area contributed by atoms with Crippen LogP contribution in [-0.4, -0.2) is 21.4 Å². The fourth-order valence-electron chi connectivity index (χ4n) is 2.67. The van der Waals surface area contributed by atoms with Crippen molar-refractivity contribution in [1.82, 2.24) is 14.9 Å². The first kappa shape index (κ1) is 11.4. The van der Waals surface area contributed by atoms with Crippen molar-refractivity contribution in [3.05, 3.63) is 59.7 Å². The summed E-state index contributed by atoms with van der Waals surface area (Å²) in [4.78, 5) is 11.0. The Labute approximate surface area is 108 Å². The van der Waals surface area contributed by atoms with E-state index >= 15 is 0 Å². The lowest BCUT2D eigenvalue weighted by molar-refractivity contribution is 0.223. The fraction of sp³-hybridized carbons (Fsp3) is 0.333. The summed E-state index contributed by atoms with van der Waals surface area (Å²) in [5.41, 5.74) is 3.85. The lowest BCUT2D eigenvalue weighted by atomic mass is 9.97. The quantitative estimate of drug-likeness (QED) is 0.806. The first-order chi connectivity index (χ1) is 8.83. The minimum Gasteiger partial charge on any atom is -0.294 e. The SMILES string of the molecule is CC1CN(Cc2ccccc2)Cc2cncnc21. The zero-order valence-corrected chi connectivity index (χ0v) is 10.6. The number of aromatic nitrogens is 2. The summed E-state index contributed by atoms with van der Waals surface area (Å²) in [6, 6.07) is 10.6. The summed E-state index contributed by atoms with van der Waals surface area (Å²) in [6.45, 7) is 5.26. The number of hydrogen-bond acceptors (Lipinski definition) is 3. The second-order valence-corrected chi connectivity index (χ2v) is 4.99. The molecule has 3 rings (SSSR count). The largest absolute Gasteiger partial charge is 0.294 e. The molecule has 1 atom stereocenters. The zero-order valence-electron chi connectivity index (χ0n) is 10.6. The Kier molecular flexibility index (Phi) is 3.07. The zero-order chi connectivity index (χ0) is 12.4. The molecule has 0 saturated carbocycles. The highest BCUT2D eigenvalue weighted by molar-refractivity contribution is 5.23. The van der Waals surface area contributed by atoms with Gasteiger partial charge in [0, 0.05) is 37.3 Å². The normalized spacial score (nSPS) is 19.5. The van der Waals surface area contributed by atoms with E-state index in [-0.39, 0.29) is 0 Å². The van der Waals surface area contributed by atoms with E-state index in [0.717, 1.165) is 19.6 Å². The van der Waals surface area contributed by atoms with Gasteiger partial charge in [-0.2, -0.15) is 0 Å². The van der Waals surface area contributed by atoms with Crippen LogP contribution in [0, 0.1) is 0 Å². The van der Waals surface area contributed by atoms with E-state index in [2.05, 4.69) is 52.1 Å². The summed E-state index contributed by atoms with van der Waals surface area (Å²) < 4.78 is 0. The van der Waals surface area contributed by atoms with E-state index in [9.17, 15) is 0 Å². The summed E-state index contributed by atoms with van der Waals surface area (Å²) in [7, 11) is 0. The number of rotatable bonds is 2. The minimum atomic E-state index is 0.487. The van der Waals surface area contributed by atoms with Gasteiger partial charge < -0.3 is 0 Å². The Balaban J connectivity index is 1.78. The van der Waals surface area contributed by atoms with Crippen molar-refractivity contribution >= 4 is 0 Å². The second-order valence-electron chi connectivity index (χ2n) is 4.99. The molecule has 0 N–H and O–H groups in total. The van der Waals surface area contributed by atoms with E-state index in [1.165, 1.54) is 16.8 Å². The number of nitrogens with zero attached hydrogens (tertiary/aromatic N) is 3. The number of fused-ring (bicyclic) bond motifs is 1. The Morgan fingerprint density at radius 3 is 2.94 bits per heavy atom. The van der Waals surface area contributed by atoms with Gasteiger partial charge in [-0.05, 0) is 5.56 Å². The van der Waals surface area contributed by atoms with Crippen molar-refractivity contribution < 1.29 is 0 Å². The predicted octanol–water partition coefficient (Wildman–Crippen LogP) is 2.60. The third kappa shape index (κ3) is 2.27. The van der Waals surface area contributed by atoms with Crippen LogP contribution in [0.4, 0.5) is 0 Å². The van der Waals surface area contributed by atoms with Crippen LogP contribution in [-0.2, 0) is 13.1 Å². The first-order valence-corrected chi connectivity index (χ1v) is 6.38. The van der Waals surface area contributed by atoms with Crippen molar-refractivity contribution in [2.45, 2.75) is 25.9 Å². The van der Waals surface area contributed by atoms with Gasteiger partial charge in [0.15, 0.2) is 0 Å². The average Bonchev–Trinajstić information content (AvgIpc) is 2.40. The molecule has 92 valence electrons. The standard InChI is InChI=1S/C15H17N3/c1-12-8-18(9-13-5-3-2-4-6-13)10-14-7-16-11-17-15(12)14/h2-7,11-12H,8-10H2,1H3. The highest BCUT2D eigenvalue weighted by atomic mass is 15.1. The maximum absolute atomic E-state index is 4.40. The summed E-state index contributed by atoms with van der Waals surface area (Å²) in [5.74, 6) is 0.487. The summed E-state index contributed by atoms with van der Waals surface area (Å²) >= 11 is 0. The van der Waals surface area contributed by atoms with E-state index in [0.29, 0.717) is 5.92 Å². The van der Waals surface area contributed by atoms with Crippen LogP contribution < -0.4 is 0 Å². The molecular weight excluding hydrogens is 222 g/mol. The Hall–Kier alpha value is -1.74. The topological polar surface area (TPSA) is 29.0 Å². The van der Waals surface area contributed by atoms with Gasteiger partial charge in [-0.3, -0.25) is 4.90 Å². The lowest BCUT2D eigenvalue weighted by Gasteiger charge is -2.31. The third-order valence-corrected chi connectivity index (χ3v) is 3.46. The van der Waals surface area contributed by atoms with Gasteiger partial charge >= 0.3 is 0 Å². The van der Waals surface area contributed by atoms with Crippen molar-refractivity contribution in [2.75, 3.05) is 6.54 Å². The monoisotopic (exact) mass is 239 g/mol.